The van der Waals surface area contributed by atoms with Gasteiger partial charge in [-0.15, -0.1) is 0 Å². The summed E-state index contributed by atoms with van der Waals surface area (Å²) in [7, 11) is 0. The number of rotatable bonds is 5. The number of hydrogen-bond donors (Lipinski definition) is 1. The van der Waals surface area contributed by atoms with Crippen molar-refractivity contribution < 1.29 is 9.53 Å². The predicted octanol–water partition coefficient (Wildman–Crippen LogP) is 4.19. The Morgan fingerprint density at radius 1 is 1.05 bits per heavy atom. The minimum Gasteiger partial charge on any atom is -0.484 e. The van der Waals surface area contributed by atoms with Gasteiger partial charge >= 0.3 is 0 Å². The minimum absolute atomic E-state index is 0.0138. The first-order valence-corrected chi connectivity index (χ1v) is 7.58. The van der Waals surface area contributed by atoms with Gasteiger partial charge in [0.2, 0.25) is 0 Å². The van der Waals surface area contributed by atoms with Gasteiger partial charge in [0.25, 0.3) is 5.91 Å². The highest BCUT2D eigenvalue weighted by Crippen LogP contribution is 2.18. The quantitative estimate of drug-likeness (QED) is 0.898. The van der Waals surface area contributed by atoms with E-state index in [1.165, 1.54) is 11.1 Å². The summed E-state index contributed by atoms with van der Waals surface area (Å²) in [4.78, 5) is 12.0. The van der Waals surface area contributed by atoms with Gasteiger partial charge < -0.3 is 10.1 Å². The third kappa shape index (κ3) is 4.35. The maximum absolute atomic E-state index is 12.0. The summed E-state index contributed by atoms with van der Waals surface area (Å²) < 4.78 is 5.61. The fraction of sp³-hybridized carbons (Fsp3) is 0.316. The first-order chi connectivity index (χ1) is 10.5. The van der Waals surface area contributed by atoms with E-state index in [0.29, 0.717) is 0 Å². The molecule has 1 N–H and O–H groups in total. The molecule has 0 radical (unpaired) electrons. The molecule has 3 nitrogen and oxygen atoms in total. The molecule has 1 amide bonds. The van der Waals surface area contributed by atoms with Crippen LogP contribution >= 0.6 is 0 Å². The number of anilines is 1. The molecule has 0 aromatic heterocycles. The fourth-order valence-electron chi connectivity index (χ4n) is 2.40. The van der Waals surface area contributed by atoms with Gasteiger partial charge in [0.1, 0.15) is 5.75 Å². The Labute approximate surface area is 132 Å². The second kappa shape index (κ2) is 7.12. The van der Waals surface area contributed by atoms with Crippen LogP contribution in [-0.4, -0.2) is 12.5 Å². The molecule has 2 aromatic carbocycles. The third-order valence-corrected chi connectivity index (χ3v) is 3.54. The molecule has 0 saturated heterocycles. The molecule has 3 heteroatoms. The van der Waals surface area contributed by atoms with Crippen LogP contribution in [0.5, 0.6) is 5.75 Å². The van der Waals surface area contributed by atoms with Gasteiger partial charge in [0.05, 0.1) is 0 Å². The highest BCUT2D eigenvalue weighted by Gasteiger charge is 2.07. The zero-order chi connectivity index (χ0) is 16.1. The largest absolute Gasteiger partial charge is 0.484 e. The molecule has 22 heavy (non-hydrogen) atoms. The van der Waals surface area contributed by atoms with Gasteiger partial charge in [-0.1, -0.05) is 30.7 Å². The van der Waals surface area contributed by atoms with E-state index >= 15 is 0 Å². The van der Waals surface area contributed by atoms with E-state index in [1.807, 2.05) is 51.1 Å². The number of ether oxygens (including phenoxy) is 1. The smallest absolute Gasteiger partial charge is 0.262 e. The van der Waals surface area contributed by atoms with Gasteiger partial charge in [-0.3, -0.25) is 4.79 Å². The minimum atomic E-state index is -0.147. The van der Waals surface area contributed by atoms with Crippen molar-refractivity contribution >= 4 is 11.6 Å². The number of nitrogens with one attached hydrogen (secondary N) is 1. The standard InChI is InChI=1S/C19H23NO2/c1-5-16-9-14(3)10-17(11-16)22-12-19(21)20-18-7-6-13(2)8-15(18)4/h6-11H,5,12H2,1-4H3,(H,20,21). The van der Waals surface area contributed by atoms with E-state index in [-0.39, 0.29) is 12.5 Å². The van der Waals surface area contributed by atoms with Crippen LogP contribution in [0.2, 0.25) is 0 Å². The zero-order valence-corrected chi connectivity index (χ0v) is 13.7. The van der Waals surface area contributed by atoms with Crippen molar-refractivity contribution in [2.75, 3.05) is 11.9 Å². The molecule has 0 saturated carbocycles. The Morgan fingerprint density at radius 3 is 2.50 bits per heavy atom. The highest BCUT2D eigenvalue weighted by atomic mass is 16.5. The predicted molar refractivity (Wildman–Crippen MR) is 90.6 cm³/mol. The molecule has 0 aliphatic heterocycles. The summed E-state index contributed by atoms with van der Waals surface area (Å²) in [6, 6.07) is 12.0. The van der Waals surface area contributed by atoms with E-state index in [2.05, 4.69) is 18.3 Å². The molecule has 0 fully saturated rings. The van der Waals surface area contributed by atoms with Crippen molar-refractivity contribution in [3.8, 4) is 5.75 Å². The lowest BCUT2D eigenvalue weighted by Gasteiger charge is -2.11. The number of carbonyl (C=O) groups excluding carboxylic acids is 1. The Balaban J connectivity index is 1.96. The maximum Gasteiger partial charge on any atom is 0.262 e. The van der Waals surface area contributed by atoms with E-state index in [9.17, 15) is 4.79 Å². The lowest BCUT2D eigenvalue weighted by atomic mass is 10.1. The molecule has 0 bridgehead atoms. The molecule has 116 valence electrons. The van der Waals surface area contributed by atoms with Crippen LogP contribution in [0.1, 0.15) is 29.2 Å². The summed E-state index contributed by atoms with van der Waals surface area (Å²) in [5.41, 5.74) is 5.42. The van der Waals surface area contributed by atoms with Crippen LogP contribution in [0.15, 0.2) is 36.4 Å². The molecular weight excluding hydrogens is 274 g/mol. The van der Waals surface area contributed by atoms with Crippen molar-refractivity contribution in [1.29, 1.82) is 0 Å². The Kier molecular flexibility index (Phi) is 5.21. The van der Waals surface area contributed by atoms with E-state index in [1.54, 1.807) is 0 Å². The van der Waals surface area contributed by atoms with Gasteiger partial charge in [0.15, 0.2) is 6.61 Å². The molecule has 0 aliphatic carbocycles. The van der Waals surface area contributed by atoms with Gasteiger partial charge in [-0.2, -0.15) is 0 Å². The summed E-state index contributed by atoms with van der Waals surface area (Å²) in [5, 5.41) is 2.89. The fourth-order valence-corrected chi connectivity index (χ4v) is 2.40. The topological polar surface area (TPSA) is 38.3 Å². The summed E-state index contributed by atoms with van der Waals surface area (Å²) >= 11 is 0. The van der Waals surface area contributed by atoms with E-state index in [0.717, 1.165) is 29.0 Å². The Bertz CT molecular complexity index is 677. The first kappa shape index (κ1) is 16.1. The summed E-state index contributed by atoms with van der Waals surface area (Å²) in [6.45, 7) is 8.16. The van der Waals surface area contributed by atoms with Crippen LogP contribution in [-0.2, 0) is 11.2 Å². The molecule has 2 rings (SSSR count). The Hall–Kier alpha value is -2.29. The zero-order valence-electron chi connectivity index (χ0n) is 13.7. The van der Waals surface area contributed by atoms with Crippen molar-refractivity contribution in [3.05, 3.63) is 58.7 Å². The number of hydrogen-bond acceptors (Lipinski definition) is 2. The van der Waals surface area contributed by atoms with Crippen molar-refractivity contribution in [3.63, 3.8) is 0 Å². The first-order valence-electron chi connectivity index (χ1n) is 7.58. The van der Waals surface area contributed by atoms with Crippen LogP contribution in [0.25, 0.3) is 0 Å². The molecule has 0 unspecified atom stereocenters. The van der Waals surface area contributed by atoms with Crippen molar-refractivity contribution in [2.45, 2.75) is 34.1 Å². The second-order valence-corrected chi connectivity index (χ2v) is 5.66. The summed E-state index contributed by atoms with van der Waals surface area (Å²) in [5.74, 6) is 0.596. The second-order valence-electron chi connectivity index (χ2n) is 5.66. The van der Waals surface area contributed by atoms with Crippen molar-refractivity contribution in [1.82, 2.24) is 0 Å². The lowest BCUT2D eigenvalue weighted by Crippen LogP contribution is -2.20. The molecular formula is C19H23NO2. The van der Waals surface area contributed by atoms with Crippen LogP contribution in [0, 0.1) is 20.8 Å². The maximum atomic E-state index is 12.0. The van der Waals surface area contributed by atoms with Crippen LogP contribution < -0.4 is 10.1 Å². The molecule has 0 heterocycles. The van der Waals surface area contributed by atoms with Crippen molar-refractivity contribution in [2.24, 2.45) is 0 Å². The molecule has 0 spiro atoms. The van der Waals surface area contributed by atoms with E-state index in [4.69, 9.17) is 4.74 Å². The van der Waals surface area contributed by atoms with Gasteiger partial charge in [0, 0.05) is 5.69 Å². The number of aryl methyl sites for hydroxylation is 4. The molecule has 0 aliphatic rings. The lowest BCUT2D eigenvalue weighted by molar-refractivity contribution is -0.118. The average molecular weight is 297 g/mol. The highest BCUT2D eigenvalue weighted by molar-refractivity contribution is 5.92. The monoisotopic (exact) mass is 297 g/mol. The number of benzene rings is 2. The number of carbonyl (C=O) groups is 1. The van der Waals surface area contributed by atoms with E-state index < -0.39 is 0 Å². The van der Waals surface area contributed by atoms with Gasteiger partial charge in [-0.05, 0) is 62.1 Å². The average Bonchev–Trinajstić information content (AvgIpc) is 2.47. The normalized spacial score (nSPS) is 10.4. The third-order valence-electron chi connectivity index (χ3n) is 3.54. The Morgan fingerprint density at radius 2 is 1.82 bits per heavy atom. The van der Waals surface area contributed by atoms with Gasteiger partial charge in [-0.25, -0.2) is 0 Å². The van der Waals surface area contributed by atoms with Crippen LogP contribution in [0.3, 0.4) is 0 Å². The molecule has 2 aromatic rings. The number of amides is 1. The molecule has 0 atom stereocenters. The summed E-state index contributed by atoms with van der Waals surface area (Å²) in [6.07, 6.45) is 0.951. The SMILES string of the molecule is CCc1cc(C)cc(OCC(=O)Nc2ccc(C)cc2C)c1. The van der Waals surface area contributed by atoms with Crippen LogP contribution in [0.4, 0.5) is 5.69 Å².